The Morgan fingerprint density at radius 2 is 2.12 bits per heavy atom. The van der Waals surface area contributed by atoms with Crippen molar-refractivity contribution >= 4 is 52.3 Å². The van der Waals surface area contributed by atoms with Crippen LogP contribution in [0.3, 0.4) is 0 Å². The zero-order chi connectivity index (χ0) is 16.1. The number of nitrogens with two attached hydrogens (primary N) is 1. The van der Waals surface area contributed by atoms with Crippen molar-refractivity contribution in [1.29, 1.82) is 0 Å². The maximum absolute atomic E-state index is 11.6. The van der Waals surface area contributed by atoms with Gasteiger partial charge in [0.05, 0.1) is 0 Å². The number of nitrogens with one attached hydrogen (secondary N) is 1. The van der Waals surface area contributed by atoms with Crippen LogP contribution in [0.4, 0.5) is 5.13 Å². The van der Waals surface area contributed by atoms with Gasteiger partial charge >= 0.3 is 0 Å². The number of thiazole rings is 1. The van der Waals surface area contributed by atoms with Gasteiger partial charge in [0, 0.05) is 56.8 Å². The van der Waals surface area contributed by atoms with Crippen molar-refractivity contribution in [2.75, 3.05) is 37.6 Å². The van der Waals surface area contributed by atoms with Crippen LogP contribution in [0, 0.1) is 0 Å². The first-order valence-electron chi connectivity index (χ1n) is 8.21. The summed E-state index contributed by atoms with van der Waals surface area (Å²) in [5, 5.41) is 6.05. The summed E-state index contributed by atoms with van der Waals surface area (Å²) >= 11 is 1.66. The number of anilines is 1. The van der Waals surface area contributed by atoms with Crippen LogP contribution in [0.15, 0.2) is 16.6 Å². The van der Waals surface area contributed by atoms with E-state index in [1.165, 1.54) is 0 Å². The summed E-state index contributed by atoms with van der Waals surface area (Å²) in [5.74, 6) is 0.727. The molecule has 1 saturated heterocycles. The van der Waals surface area contributed by atoms with Crippen LogP contribution >= 0.6 is 35.3 Å². The number of carbonyl (C=O) groups is 1. The molecule has 7 nitrogen and oxygen atoms in total. The van der Waals surface area contributed by atoms with Crippen LogP contribution in [-0.2, 0) is 4.79 Å². The van der Waals surface area contributed by atoms with E-state index < -0.39 is 0 Å². The van der Waals surface area contributed by atoms with E-state index in [1.807, 2.05) is 11.6 Å². The first kappa shape index (κ1) is 19.2. The second kappa shape index (κ2) is 9.40. The highest BCUT2D eigenvalue weighted by molar-refractivity contribution is 14.0. The Hall–Kier alpha value is -1.10. The third-order valence-electron chi connectivity index (χ3n) is 4.07. The van der Waals surface area contributed by atoms with Gasteiger partial charge in [0.2, 0.25) is 5.91 Å². The Kier molecular flexibility index (Phi) is 7.53. The largest absolute Gasteiger partial charge is 0.370 e. The molecule has 1 amide bonds. The van der Waals surface area contributed by atoms with Crippen LogP contribution in [-0.4, -0.2) is 60.5 Å². The molecular weight excluding hydrogens is 439 g/mol. The lowest BCUT2D eigenvalue weighted by molar-refractivity contribution is -0.121. The molecule has 2 heterocycles. The van der Waals surface area contributed by atoms with Gasteiger partial charge in [0.25, 0.3) is 0 Å². The SMILES string of the molecule is I.NC(=NCCCC(=O)NC1CC1)N1CCN(c2nccs2)CC1. The van der Waals surface area contributed by atoms with Gasteiger partial charge in [-0.3, -0.25) is 9.79 Å². The molecule has 0 bridgehead atoms. The number of aromatic nitrogens is 1. The molecule has 3 rings (SSSR count). The number of aliphatic imine (C=N–C) groups is 1. The number of amides is 1. The van der Waals surface area contributed by atoms with Gasteiger partial charge < -0.3 is 20.9 Å². The number of halogens is 1. The van der Waals surface area contributed by atoms with Gasteiger partial charge in [-0.25, -0.2) is 4.98 Å². The average molecular weight is 464 g/mol. The number of carbonyl (C=O) groups excluding carboxylic acids is 1. The quantitative estimate of drug-likeness (QED) is 0.287. The fourth-order valence-corrected chi connectivity index (χ4v) is 3.26. The molecule has 9 heteroatoms. The van der Waals surface area contributed by atoms with Crippen molar-refractivity contribution in [2.24, 2.45) is 10.7 Å². The Labute approximate surface area is 163 Å². The first-order valence-corrected chi connectivity index (χ1v) is 9.09. The molecule has 2 fully saturated rings. The smallest absolute Gasteiger partial charge is 0.220 e. The predicted octanol–water partition coefficient (Wildman–Crippen LogP) is 1.26. The van der Waals surface area contributed by atoms with Crippen molar-refractivity contribution < 1.29 is 4.79 Å². The summed E-state index contributed by atoms with van der Waals surface area (Å²) in [7, 11) is 0. The monoisotopic (exact) mass is 464 g/mol. The molecule has 1 aromatic rings. The Bertz CT molecular complexity index is 540. The minimum absolute atomic E-state index is 0. The van der Waals surface area contributed by atoms with Crippen molar-refractivity contribution in [3.05, 3.63) is 11.6 Å². The Morgan fingerprint density at radius 3 is 2.75 bits per heavy atom. The van der Waals surface area contributed by atoms with E-state index in [1.54, 1.807) is 11.3 Å². The standard InChI is InChI=1S/C15H24N6OS.HI/c16-14(17-5-1-2-13(22)19-12-3-4-12)20-7-9-21(10-8-20)15-18-6-11-23-15;/h6,11-12H,1-5,7-10H2,(H2,16,17)(H,19,22);1H. The Morgan fingerprint density at radius 1 is 1.38 bits per heavy atom. The lowest BCUT2D eigenvalue weighted by atomic mass is 10.3. The van der Waals surface area contributed by atoms with Gasteiger partial charge in [-0.05, 0) is 19.3 Å². The summed E-state index contributed by atoms with van der Waals surface area (Å²) in [6, 6.07) is 0.435. The number of rotatable bonds is 6. The molecule has 0 aromatic carbocycles. The van der Waals surface area contributed by atoms with E-state index >= 15 is 0 Å². The van der Waals surface area contributed by atoms with E-state index in [9.17, 15) is 4.79 Å². The maximum Gasteiger partial charge on any atom is 0.220 e. The molecule has 0 atom stereocenters. The average Bonchev–Trinajstić information content (AvgIpc) is 3.20. The zero-order valence-electron chi connectivity index (χ0n) is 13.7. The summed E-state index contributed by atoms with van der Waals surface area (Å²) in [6.45, 7) is 4.14. The van der Waals surface area contributed by atoms with Crippen molar-refractivity contribution in [3.8, 4) is 0 Å². The maximum atomic E-state index is 11.6. The molecule has 0 spiro atoms. The lowest BCUT2D eigenvalue weighted by Gasteiger charge is -2.35. The molecule has 2 aliphatic rings. The summed E-state index contributed by atoms with van der Waals surface area (Å²) in [5.41, 5.74) is 6.06. The minimum atomic E-state index is 0. The van der Waals surface area contributed by atoms with Gasteiger partial charge in [-0.15, -0.1) is 35.3 Å². The van der Waals surface area contributed by atoms with Gasteiger partial charge in [0.15, 0.2) is 11.1 Å². The molecule has 134 valence electrons. The van der Waals surface area contributed by atoms with Crippen LogP contribution in [0.5, 0.6) is 0 Å². The van der Waals surface area contributed by atoms with Crippen LogP contribution < -0.4 is 16.0 Å². The molecule has 1 aliphatic carbocycles. The number of hydrogen-bond donors (Lipinski definition) is 2. The normalized spacial score (nSPS) is 18.2. The highest BCUT2D eigenvalue weighted by Crippen LogP contribution is 2.19. The Balaban J connectivity index is 0.00000208. The molecule has 1 saturated carbocycles. The van der Waals surface area contributed by atoms with E-state index in [0.29, 0.717) is 25.0 Å². The third kappa shape index (κ3) is 5.76. The fraction of sp³-hybridized carbons (Fsp3) is 0.667. The van der Waals surface area contributed by atoms with E-state index in [0.717, 1.165) is 50.6 Å². The number of nitrogens with zero attached hydrogens (tertiary/aromatic N) is 4. The van der Waals surface area contributed by atoms with Crippen molar-refractivity contribution in [1.82, 2.24) is 15.2 Å². The molecule has 3 N–H and O–H groups in total. The molecule has 0 unspecified atom stereocenters. The summed E-state index contributed by atoms with van der Waals surface area (Å²) in [4.78, 5) is 24.7. The number of guanidine groups is 1. The van der Waals surface area contributed by atoms with Gasteiger partial charge in [0.1, 0.15) is 0 Å². The topological polar surface area (TPSA) is 86.8 Å². The molecule has 1 aromatic heterocycles. The second-order valence-electron chi connectivity index (χ2n) is 5.97. The first-order chi connectivity index (χ1) is 11.2. The van der Waals surface area contributed by atoms with Gasteiger partial charge in [-0.1, -0.05) is 0 Å². The lowest BCUT2D eigenvalue weighted by Crippen LogP contribution is -2.51. The third-order valence-corrected chi connectivity index (χ3v) is 4.90. The van der Waals surface area contributed by atoms with Crippen LogP contribution in [0.1, 0.15) is 25.7 Å². The number of hydrogen-bond acceptors (Lipinski definition) is 5. The number of piperazine rings is 1. The fourth-order valence-electron chi connectivity index (χ4n) is 2.56. The minimum Gasteiger partial charge on any atom is -0.370 e. The van der Waals surface area contributed by atoms with Gasteiger partial charge in [-0.2, -0.15) is 0 Å². The van der Waals surface area contributed by atoms with E-state index in [-0.39, 0.29) is 29.9 Å². The van der Waals surface area contributed by atoms with Crippen LogP contribution in [0.2, 0.25) is 0 Å². The van der Waals surface area contributed by atoms with Crippen molar-refractivity contribution in [3.63, 3.8) is 0 Å². The van der Waals surface area contributed by atoms with Crippen LogP contribution in [0.25, 0.3) is 0 Å². The zero-order valence-corrected chi connectivity index (χ0v) is 16.8. The second-order valence-corrected chi connectivity index (χ2v) is 6.85. The molecule has 1 aliphatic heterocycles. The van der Waals surface area contributed by atoms with E-state index in [2.05, 4.69) is 25.1 Å². The van der Waals surface area contributed by atoms with E-state index in [4.69, 9.17) is 5.73 Å². The molecular formula is C15H25IN6OS. The predicted molar refractivity (Wildman–Crippen MR) is 108 cm³/mol. The summed E-state index contributed by atoms with van der Waals surface area (Å²) < 4.78 is 0. The highest BCUT2D eigenvalue weighted by Gasteiger charge is 2.23. The highest BCUT2D eigenvalue weighted by atomic mass is 127. The molecule has 0 radical (unpaired) electrons. The molecule has 24 heavy (non-hydrogen) atoms. The summed E-state index contributed by atoms with van der Waals surface area (Å²) in [6.07, 6.45) is 5.37. The van der Waals surface area contributed by atoms with Crippen molar-refractivity contribution in [2.45, 2.75) is 31.7 Å².